The molecule has 148 valence electrons. The summed E-state index contributed by atoms with van der Waals surface area (Å²) in [5.74, 6) is 0.404. The maximum absolute atomic E-state index is 12.9. The van der Waals surface area contributed by atoms with Gasteiger partial charge in [0.1, 0.15) is 10.6 Å². The summed E-state index contributed by atoms with van der Waals surface area (Å²) in [6.07, 6.45) is 2.84. The number of sulfonamides is 1. The smallest absolute Gasteiger partial charge is 0.248 e. The van der Waals surface area contributed by atoms with E-state index in [-0.39, 0.29) is 10.8 Å². The third-order valence-electron chi connectivity index (χ3n) is 4.77. The van der Waals surface area contributed by atoms with Crippen LogP contribution < -0.4 is 0 Å². The van der Waals surface area contributed by atoms with Crippen molar-refractivity contribution in [3.8, 4) is 0 Å². The second kappa shape index (κ2) is 8.53. The Morgan fingerprint density at radius 3 is 2.74 bits per heavy atom. The number of nitrogens with zero attached hydrogens (tertiary/aromatic N) is 3. The van der Waals surface area contributed by atoms with Gasteiger partial charge >= 0.3 is 0 Å². The van der Waals surface area contributed by atoms with Gasteiger partial charge in [-0.1, -0.05) is 11.2 Å². The van der Waals surface area contributed by atoms with Gasteiger partial charge in [-0.15, -0.1) is 11.3 Å². The molecule has 3 heterocycles. The summed E-state index contributed by atoms with van der Waals surface area (Å²) in [6.45, 7) is 4.93. The lowest BCUT2D eigenvalue weighted by molar-refractivity contribution is -0.131. The van der Waals surface area contributed by atoms with Gasteiger partial charge in [-0.05, 0) is 44.6 Å². The first-order valence-electron chi connectivity index (χ1n) is 9.13. The molecule has 0 aliphatic carbocycles. The van der Waals surface area contributed by atoms with Gasteiger partial charge in [-0.2, -0.15) is 4.31 Å². The van der Waals surface area contributed by atoms with Crippen molar-refractivity contribution in [1.82, 2.24) is 14.4 Å². The molecule has 1 saturated heterocycles. The summed E-state index contributed by atoms with van der Waals surface area (Å²) in [7, 11) is -3.66. The highest BCUT2D eigenvalue weighted by Crippen LogP contribution is 2.24. The van der Waals surface area contributed by atoms with Crippen molar-refractivity contribution in [2.75, 3.05) is 26.2 Å². The molecule has 2 aromatic heterocycles. The number of rotatable bonds is 6. The van der Waals surface area contributed by atoms with Crippen LogP contribution in [0.1, 0.15) is 35.6 Å². The predicted molar refractivity (Wildman–Crippen MR) is 103 cm³/mol. The lowest BCUT2D eigenvalue weighted by Gasteiger charge is -2.22. The Balaban J connectivity index is 1.57. The minimum atomic E-state index is -3.66. The first kappa shape index (κ1) is 20.0. The maximum Gasteiger partial charge on any atom is 0.248 e. The standard InChI is InChI=1S/C18H25N3O4S2/c1-14-18(15(2)25-19-14)27(23,24)21-10-5-9-20(11-12-21)17(22)8-3-6-16-7-4-13-26-16/h4,7,13H,3,5-6,8-12H2,1-2H3. The Labute approximate surface area is 164 Å². The summed E-state index contributed by atoms with van der Waals surface area (Å²) < 4.78 is 32.4. The number of carbonyl (C=O) groups is 1. The number of thiophene rings is 1. The third kappa shape index (κ3) is 4.59. The van der Waals surface area contributed by atoms with Gasteiger partial charge in [0, 0.05) is 37.5 Å². The van der Waals surface area contributed by atoms with Crippen LogP contribution in [-0.4, -0.2) is 54.9 Å². The Bertz CT molecular complexity index is 855. The van der Waals surface area contributed by atoms with Crippen LogP contribution in [0.4, 0.5) is 0 Å². The van der Waals surface area contributed by atoms with Crippen LogP contribution in [0.3, 0.4) is 0 Å². The van der Waals surface area contributed by atoms with E-state index in [1.165, 1.54) is 9.18 Å². The minimum Gasteiger partial charge on any atom is -0.360 e. The van der Waals surface area contributed by atoms with Crippen molar-refractivity contribution in [1.29, 1.82) is 0 Å². The molecule has 1 aliphatic rings. The van der Waals surface area contributed by atoms with Crippen LogP contribution in [0.15, 0.2) is 26.9 Å². The van der Waals surface area contributed by atoms with Gasteiger partial charge in [0.15, 0.2) is 5.76 Å². The van der Waals surface area contributed by atoms with Gasteiger partial charge in [-0.25, -0.2) is 8.42 Å². The quantitative estimate of drug-likeness (QED) is 0.730. The first-order chi connectivity index (χ1) is 12.9. The molecule has 0 atom stereocenters. The van der Waals surface area contributed by atoms with E-state index in [0.717, 1.165) is 12.8 Å². The van der Waals surface area contributed by atoms with E-state index in [0.29, 0.717) is 50.5 Å². The number of carbonyl (C=O) groups excluding carboxylic acids is 1. The molecular formula is C18H25N3O4S2. The summed E-state index contributed by atoms with van der Waals surface area (Å²) in [6, 6.07) is 4.10. The summed E-state index contributed by atoms with van der Waals surface area (Å²) >= 11 is 1.71. The molecule has 1 amide bonds. The molecule has 0 bridgehead atoms. The Kier molecular flexibility index (Phi) is 6.33. The lowest BCUT2D eigenvalue weighted by Crippen LogP contribution is -2.37. The average Bonchev–Trinajstić information content (AvgIpc) is 3.16. The molecule has 0 unspecified atom stereocenters. The fourth-order valence-corrected chi connectivity index (χ4v) is 5.89. The molecule has 9 heteroatoms. The van der Waals surface area contributed by atoms with E-state index < -0.39 is 10.0 Å². The van der Waals surface area contributed by atoms with Crippen molar-refractivity contribution < 1.29 is 17.7 Å². The van der Waals surface area contributed by atoms with Crippen LogP contribution in [-0.2, 0) is 21.2 Å². The molecule has 1 aliphatic heterocycles. The van der Waals surface area contributed by atoms with E-state index in [1.54, 1.807) is 30.1 Å². The van der Waals surface area contributed by atoms with Crippen molar-refractivity contribution in [2.45, 2.75) is 44.4 Å². The molecule has 2 aromatic rings. The highest BCUT2D eigenvalue weighted by molar-refractivity contribution is 7.89. The number of aryl methyl sites for hydroxylation is 3. The molecule has 1 fully saturated rings. The zero-order valence-electron chi connectivity index (χ0n) is 15.7. The zero-order valence-corrected chi connectivity index (χ0v) is 17.3. The van der Waals surface area contributed by atoms with Crippen LogP contribution >= 0.6 is 11.3 Å². The van der Waals surface area contributed by atoms with Gasteiger partial charge in [0.25, 0.3) is 0 Å². The molecule has 27 heavy (non-hydrogen) atoms. The van der Waals surface area contributed by atoms with Crippen molar-refractivity contribution in [3.05, 3.63) is 33.8 Å². The van der Waals surface area contributed by atoms with Gasteiger partial charge in [-0.3, -0.25) is 4.79 Å². The summed E-state index contributed by atoms with van der Waals surface area (Å²) in [4.78, 5) is 15.7. The van der Waals surface area contributed by atoms with Crippen LogP contribution in [0.25, 0.3) is 0 Å². The second-order valence-electron chi connectivity index (χ2n) is 6.72. The predicted octanol–water partition coefficient (Wildman–Crippen LogP) is 2.60. The van der Waals surface area contributed by atoms with E-state index in [1.807, 2.05) is 11.4 Å². The van der Waals surface area contributed by atoms with E-state index in [9.17, 15) is 13.2 Å². The Hall–Kier alpha value is -1.71. The van der Waals surface area contributed by atoms with Gasteiger partial charge < -0.3 is 9.42 Å². The van der Waals surface area contributed by atoms with Gasteiger partial charge in [0.2, 0.25) is 15.9 Å². The molecule has 0 saturated carbocycles. The largest absolute Gasteiger partial charge is 0.360 e. The van der Waals surface area contributed by atoms with Crippen LogP contribution in [0.5, 0.6) is 0 Å². The topological polar surface area (TPSA) is 83.7 Å². The highest BCUT2D eigenvalue weighted by Gasteiger charge is 2.32. The molecule has 0 N–H and O–H groups in total. The highest BCUT2D eigenvalue weighted by atomic mass is 32.2. The van der Waals surface area contributed by atoms with E-state index >= 15 is 0 Å². The van der Waals surface area contributed by atoms with Crippen molar-refractivity contribution in [3.63, 3.8) is 0 Å². The maximum atomic E-state index is 12.9. The third-order valence-corrected chi connectivity index (χ3v) is 7.85. The Morgan fingerprint density at radius 1 is 1.26 bits per heavy atom. The molecule has 0 aromatic carbocycles. The number of hydrogen-bond donors (Lipinski definition) is 0. The van der Waals surface area contributed by atoms with Crippen molar-refractivity contribution >= 4 is 27.3 Å². The summed E-state index contributed by atoms with van der Waals surface area (Å²) in [5.41, 5.74) is 0.373. The fourth-order valence-electron chi connectivity index (χ4n) is 3.38. The molecular weight excluding hydrogens is 386 g/mol. The molecule has 7 nitrogen and oxygen atoms in total. The number of amides is 1. The van der Waals surface area contributed by atoms with E-state index in [4.69, 9.17) is 4.52 Å². The molecule has 3 rings (SSSR count). The normalized spacial score (nSPS) is 16.4. The first-order valence-corrected chi connectivity index (χ1v) is 11.4. The molecule has 0 spiro atoms. The number of hydrogen-bond acceptors (Lipinski definition) is 6. The SMILES string of the molecule is Cc1noc(C)c1S(=O)(=O)N1CCCN(C(=O)CCCc2cccs2)CC1. The lowest BCUT2D eigenvalue weighted by atomic mass is 10.2. The van der Waals surface area contributed by atoms with E-state index in [2.05, 4.69) is 11.2 Å². The average molecular weight is 412 g/mol. The van der Waals surface area contributed by atoms with Crippen LogP contribution in [0.2, 0.25) is 0 Å². The monoisotopic (exact) mass is 411 g/mol. The second-order valence-corrected chi connectivity index (χ2v) is 9.63. The van der Waals surface area contributed by atoms with Crippen molar-refractivity contribution in [2.24, 2.45) is 0 Å². The van der Waals surface area contributed by atoms with Gasteiger partial charge in [0.05, 0.1) is 0 Å². The zero-order chi connectivity index (χ0) is 19.4. The Morgan fingerprint density at radius 2 is 2.07 bits per heavy atom. The fraction of sp³-hybridized carbons (Fsp3) is 0.556. The minimum absolute atomic E-state index is 0.100. The number of aromatic nitrogens is 1. The summed E-state index contributed by atoms with van der Waals surface area (Å²) in [5, 5.41) is 5.80. The molecule has 0 radical (unpaired) electrons. The van der Waals surface area contributed by atoms with Crippen LogP contribution in [0, 0.1) is 13.8 Å².